The summed E-state index contributed by atoms with van der Waals surface area (Å²) in [6.45, 7) is 2.28. The predicted molar refractivity (Wildman–Crippen MR) is 74.1 cm³/mol. The molecular formula is C16H25N. The number of hydrogen-bond donors (Lipinski definition) is 1. The second-order valence-corrected chi connectivity index (χ2v) is 5.25. The van der Waals surface area contributed by atoms with Crippen molar-refractivity contribution in [2.45, 2.75) is 64.0 Å². The van der Waals surface area contributed by atoms with Gasteiger partial charge in [-0.15, -0.1) is 0 Å². The number of nitrogens with one attached hydrogen (secondary N) is 1. The van der Waals surface area contributed by atoms with Crippen molar-refractivity contribution in [3.05, 3.63) is 35.9 Å². The van der Waals surface area contributed by atoms with Gasteiger partial charge in [0, 0.05) is 12.1 Å². The van der Waals surface area contributed by atoms with Gasteiger partial charge in [0.2, 0.25) is 0 Å². The van der Waals surface area contributed by atoms with Crippen molar-refractivity contribution < 1.29 is 0 Å². The van der Waals surface area contributed by atoms with Crippen molar-refractivity contribution in [3.8, 4) is 0 Å². The minimum absolute atomic E-state index is 0.569. The van der Waals surface area contributed by atoms with Crippen LogP contribution in [0.3, 0.4) is 0 Å². The summed E-state index contributed by atoms with van der Waals surface area (Å²) < 4.78 is 0. The molecule has 1 N–H and O–H groups in total. The van der Waals surface area contributed by atoms with Gasteiger partial charge in [-0.3, -0.25) is 0 Å². The van der Waals surface area contributed by atoms with Gasteiger partial charge in [-0.1, -0.05) is 62.9 Å². The molecule has 94 valence electrons. The van der Waals surface area contributed by atoms with Crippen LogP contribution < -0.4 is 5.32 Å². The Morgan fingerprint density at radius 2 is 1.88 bits per heavy atom. The van der Waals surface area contributed by atoms with E-state index in [1.165, 1.54) is 50.5 Å². The molecule has 0 spiro atoms. The third-order valence-electron chi connectivity index (χ3n) is 3.84. The van der Waals surface area contributed by atoms with Gasteiger partial charge in [0.15, 0.2) is 0 Å². The lowest BCUT2D eigenvalue weighted by Crippen LogP contribution is -2.30. The first-order valence-electron chi connectivity index (χ1n) is 7.21. The molecule has 0 bridgehead atoms. The van der Waals surface area contributed by atoms with Gasteiger partial charge in [-0.2, -0.15) is 0 Å². The summed E-state index contributed by atoms with van der Waals surface area (Å²) in [6, 6.07) is 12.3. The molecule has 1 aliphatic rings. The molecule has 1 heteroatoms. The van der Waals surface area contributed by atoms with Crippen LogP contribution in [0.2, 0.25) is 0 Å². The minimum Gasteiger partial charge on any atom is -0.307 e. The fraction of sp³-hybridized carbons (Fsp3) is 0.625. The van der Waals surface area contributed by atoms with Crippen LogP contribution in [-0.2, 0) is 0 Å². The smallest absolute Gasteiger partial charge is 0.0322 e. The lowest BCUT2D eigenvalue weighted by atomic mass is 10.00. The molecule has 0 amide bonds. The Labute approximate surface area is 106 Å². The van der Waals surface area contributed by atoms with Crippen molar-refractivity contribution in [3.63, 3.8) is 0 Å². The molecule has 0 heterocycles. The Morgan fingerprint density at radius 3 is 2.53 bits per heavy atom. The lowest BCUT2D eigenvalue weighted by Gasteiger charge is -2.23. The van der Waals surface area contributed by atoms with Crippen molar-refractivity contribution in [1.82, 2.24) is 5.32 Å². The molecule has 1 unspecified atom stereocenters. The van der Waals surface area contributed by atoms with Crippen molar-refractivity contribution in [2.75, 3.05) is 0 Å². The highest BCUT2D eigenvalue weighted by molar-refractivity contribution is 5.19. The summed E-state index contributed by atoms with van der Waals surface area (Å²) in [5.74, 6) is 0. The second-order valence-electron chi connectivity index (χ2n) is 5.25. The molecule has 2 rings (SSSR count). The van der Waals surface area contributed by atoms with Crippen molar-refractivity contribution in [1.29, 1.82) is 0 Å². The van der Waals surface area contributed by atoms with Crippen LogP contribution in [0.25, 0.3) is 0 Å². The summed E-state index contributed by atoms with van der Waals surface area (Å²) >= 11 is 0. The van der Waals surface area contributed by atoms with Gasteiger partial charge < -0.3 is 5.32 Å². The van der Waals surface area contributed by atoms with E-state index in [-0.39, 0.29) is 0 Å². The number of unbranched alkanes of at least 4 members (excludes halogenated alkanes) is 1. The zero-order valence-corrected chi connectivity index (χ0v) is 11.0. The molecule has 1 saturated carbocycles. The van der Waals surface area contributed by atoms with E-state index in [0.29, 0.717) is 6.04 Å². The lowest BCUT2D eigenvalue weighted by molar-refractivity contribution is 0.411. The fourth-order valence-electron chi connectivity index (χ4n) is 2.82. The summed E-state index contributed by atoms with van der Waals surface area (Å²) in [5.41, 5.74) is 1.47. The van der Waals surface area contributed by atoms with Crippen molar-refractivity contribution >= 4 is 0 Å². The number of benzene rings is 1. The summed E-state index contributed by atoms with van der Waals surface area (Å²) in [4.78, 5) is 0. The van der Waals surface area contributed by atoms with E-state index in [0.717, 1.165) is 6.04 Å². The van der Waals surface area contributed by atoms with Crippen LogP contribution in [0.4, 0.5) is 0 Å². The van der Waals surface area contributed by atoms with E-state index < -0.39 is 0 Å². The molecule has 0 aliphatic heterocycles. The zero-order chi connectivity index (χ0) is 11.9. The Kier molecular flexibility index (Phi) is 5.06. The minimum atomic E-state index is 0.569. The summed E-state index contributed by atoms with van der Waals surface area (Å²) in [5, 5.41) is 3.87. The Bertz CT molecular complexity index is 301. The number of rotatable bonds is 6. The van der Waals surface area contributed by atoms with Crippen LogP contribution in [0.5, 0.6) is 0 Å². The first-order chi connectivity index (χ1) is 8.40. The molecule has 0 radical (unpaired) electrons. The maximum absolute atomic E-state index is 3.87. The second kappa shape index (κ2) is 6.80. The van der Waals surface area contributed by atoms with Crippen LogP contribution in [0.1, 0.15) is 63.5 Å². The Balaban J connectivity index is 1.97. The molecule has 0 saturated heterocycles. The van der Waals surface area contributed by atoms with E-state index in [1.54, 1.807) is 0 Å². The van der Waals surface area contributed by atoms with E-state index in [1.807, 2.05) is 0 Å². The van der Waals surface area contributed by atoms with E-state index in [4.69, 9.17) is 0 Å². The first-order valence-corrected chi connectivity index (χ1v) is 7.21. The quantitative estimate of drug-likeness (QED) is 0.762. The van der Waals surface area contributed by atoms with Gasteiger partial charge in [0.1, 0.15) is 0 Å². The van der Waals surface area contributed by atoms with Crippen LogP contribution in [-0.4, -0.2) is 6.04 Å². The normalized spacial score (nSPS) is 18.4. The molecule has 1 nitrogen and oxygen atoms in total. The van der Waals surface area contributed by atoms with E-state index in [9.17, 15) is 0 Å². The highest BCUT2D eigenvalue weighted by Gasteiger charge is 2.19. The maximum atomic E-state index is 3.87. The van der Waals surface area contributed by atoms with Gasteiger partial charge in [-0.05, 0) is 24.8 Å². The van der Waals surface area contributed by atoms with Crippen LogP contribution in [0.15, 0.2) is 30.3 Å². The average molecular weight is 231 g/mol. The molecule has 1 aromatic carbocycles. The molecule has 0 aromatic heterocycles. The largest absolute Gasteiger partial charge is 0.307 e. The van der Waals surface area contributed by atoms with Crippen molar-refractivity contribution in [2.24, 2.45) is 0 Å². The van der Waals surface area contributed by atoms with Crippen LogP contribution in [0, 0.1) is 0 Å². The highest BCUT2D eigenvalue weighted by Crippen LogP contribution is 2.25. The van der Waals surface area contributed by atoms with E-state index in [2.05, 4.69) is 42.6 Å². The van der Waals surface area contributed by atoms with Gasteiger partial charge in [0.05, 0.1) is 0 Å². The fourth-order valence-corrected chi connectivity index (χ4v) is 2.82. The zero-order valence-electron chi connectivity index (χ0n) is 11.0. The maximum Gasteiger partial charge on any atom is 0.0322 e. The topological polar surface area (TPSA) is 12.0 Å². The van der Waals surface area contributed by atoms with E-state index >= 15 is 0 Å². The SMILES string of the molecule is CCCCC(NC1CCCC1)c1ccccc1. The summed E-state index contributed by atoms with van der Waals surface area (Å²) in [6.07, 6.45) is 9.44. The predicted octanol–water partition coefficient (Wildman–Crippen LogP) is 4.45. The molecule has 17 heavy (non-hydrogen) atoms. The van der Waals surface area contributed by atoms with Gasteiger partial charge in [-0.25, -0.2) is 0 Å². The standard InChI is InChI=1S/C16H25N/c1-2-3-13-16(14-9-5-4-6-10-14)17-15-11-7-8-12-15/h4-6,9-10,15-17H,2-3,7-8,11-13H2,1H3. The Hall–Kier alpha value is -0.820. The summed E-state index contributed by atoms with van der Waals surface area (Å²) in [7, 11) is 0. The molecule has 1 atom stereocenters. The molecule has 1 aromatic rings. The molecule has 1 fully saturated rings. The third kappa shape index (κ3) is 3.85. The molecular weight excluding hydrogens is 206 g/mol. The number of hydrogen-bond acceptors (Lipinski definition) is 1. The molecule has 1 aliphatic carbocycles. The third-order valence-corrected chi connectivity index (χ3v) is 3.84. The average Bonchev–Trinajstić information content (AvgIpc) is 2.88. The van der Waals surface area contributed by atoms with Gasteiger partial charge >= 0.3 is 0 Å². The van der Waals surface area contributed by atoms with Crippen LogP contribution >= 0.6 is 0 Å². The highest BCUT2D eigenvalue weighted by atomic mass is 15.0. The first kappa shape index (κ1) is 12.6. The Morgan fingerprint density at radius 1 is 1.18 bits per heavy atom. The van der Waals surface area contributed by atoms with Gasteiger partial charge in [0.25, 0.3) is 0 Å². The monoisotopic (exact) mass is 231 g/mol.